The quantitative estimate of drug-likeness (QED) is 0.754. The maximum atomic E-state index is 12.7. The molecule has 0 aliphatic heterocycles. The van der Waals surface area contributed by atoms with E-state index < -0.39 is 11.3 Å². The molecule has 2 aromatic carbocycles. The summed E-state index contributed by atoms with van der Waals surface area (Å²) in [4.78, 5) is 37.0. The highest BCUT2D eigenvalue weighted by Crippen LogP contribution is 2.14. The van der Waals surface area contributed by atoms with Crippen LogP contribution in [0, 0.1) is 6.92 Å². The summed E-state index contributed by atoms with van der Waals surface area (Å²) >= 11 is 0. The smallest absolute Gasteiger partial charge is 0.280 e. The lowest BCUT2D eigenvalue weighted by atomic mass is 10.1. The van der Waals surface area contributed by atoms with Crippen LogP contribution < -0.4 is 16.1 Å². The molecule has 0 bridgehead atoms. The molecule has 1 aromatic heterocycles. The van der Waals surface area contributed by atoms with Crippen LogP contribution in [-0.4, -0.2) is 28.6 Å². The van der Waals surface area contributed by atoms with E-state index >= 15 is 0 Å². The fourth-order valence-corrected chi connectivity index (χ4v) is 2.71. The summed E-state index contributed by atoms with van der Waals surface area (Å²) in [7, 11) is 3.21. The van der Waals surface area contributed by atoms with Gasteiger partial charge in [-0.1, -0.05) is 17.7 Å². The molecule has 132 valence electrons. The zero-order chi connectivity index (χ0) is 18.8. The zero-order valence-electron chi connectivity index (χ0n) is 14.7. The molecule has 2 amide bonds. The van der Waals surface area contributed by atoms with Gasteiger partial charge in [0.05, 0.1) is 10.9 Å². The Bertz CT molecular complexity index is 1090. The second kappa shape index (κ2) is 6.79. The van der Waals surface area contributed by atoms with Crippen molar-refractivity contribution in [2.24, 2.45) is 7.05 Å². The van der Waals surface area contributed by atoms with Crippen LogP contribution in [0.25, 0.3) is 10.9 Å². The Kier molecular flexibility index (Phi) is 4.53. The van der Waals surface area contributed by atoms with Crippen LogP contribution >= 0.6 is 0 Å². The van der Waals surface area contributed by atoms with Gasteiger partial charge in [0.1, 0.15) is 0 Å². The second-order valence-corrected chi connectivity index (χ2v) is 5.94. The molecule has 0 spiro atoms. The monoisotopic (exact) mass is 350 g/mol. The molecule has 7 nitrogen and oxygen atoms in total. The van der Waals surface area contributed by atoms with Crippen LogP contribution in [0.3, 0.4) is 0 Å². The van der Waals surface area contributed by atoms with Crippen molar-refractivity contribution in [2.75, 3.05) is 12.4 Å². The Morgan fingerprint density at radius 1 is 1.08 bits per heavy atom. The van der Waals surface area contributed by atoms with Crippen molar-refractivity contribution < 1.29 is 9.59 Å². The number of nitrogens with zero attached hydrogens (tertiary/aromatic N) is 2. The first kappa shape index (κ1) is 17.3. The maximum absolute atomic E-state index is 12.7. The van der Waals surface area contributed by atoms with Crippen LogP contribution in [0.15, 0.2) is 47.3 Å². The fraction of sp³-hybridized carbons (Fsp3) is 0.158. The molecule has 0 aliphatic rings. The highest BCUT2D eigenvalue weighted by Gasteiger charge is 2.17. The lowest BCUT2D eigenvalue weighted by molar-refractivity contribution is 0.0961. The van der Waals surface area contributed by atoms with Gasteiger partial charge >= 0.3 is 0 Å². The molecule has 0 aliphatic carbocycles. The second-order valence-electron chi connectivity index (χ2n) is 5.94. The van der Waals surface area contributed by atoms with E-state index in [2.05, 4.69) is 15.7 Å². The van der Waals surface area contributed by atoms with E-state index in [1.165, 1.54) is 17.8 Å². The number of carbonyl (C=O) groups is 2. The molecule has 0 fully saturated rings. The number of fused-ring (bicyclic) bond motifs is 1. The van der Waals surface area contributed by atoms with Crippen LogP contribution in [-0.2, 0) is 7.05 Å². The number of hydrogen-bond acceptors (Lipinski definition) is 4. The predicted octanol–water partition coefficient (Wildman–Crippen LogP) is 1.85. The molecule has 0 atom stereocenters. The third kappa shape index (κ3) is 3.19. The molecule has 0 unspecified atom stereocenters. The topological polar surface area (TPSA) is 93.1 Å². The van der Waals surface area contributed by atoms with Crippen LogP contribution in [0.4, 0.5) is 5.69 Å². The molecular formula is C19H18N4O3. The van der Waals surface area contributed by atoms with Crippen LogP contribution in [0.2, 0.25) is 0 Å². The van der Waals surface area contributed by atoms with Crippen molar-refractivity contribution in [3.63, 3.8) is 0 Å². The summed E-state index contributed by atoms with van der Waals surface area (Å²) in [6.07, 6.45) is 0. The Hall–Kier alpha value is -3.48. The van der Waals surface area contributed by atoms with Gasteiger partial charge in [0.2, 0.25) is 5.43 Å². The number of hydrogen-bond donors (Lipinski definition) is 2. The number of carbonyl (C=O) groups excluding carboxylic acids is 2. The number of amides is 2. The SMILES string of the molecule is CNC(=O)c1cccc(NC(=O)c2nn(C)c3ccc(C)cc3c2=O)c1. The number of aromatic nitrogens is 2. The first-order valence-electron chi connectivity index (χ1n) is 8.02. The first-order valence-corrected chi connectivity index (χ1v) is 8.02. The lowest BCUT2D eigenvalue weighted by Gasteiger charge is -2.09. The molecule has 3 aromatic rings. The molecule has 7 heteroatoms. The highest BCUT2D eigenvalue weighted by molar-refractivity contribution is 6.05. The lowest BCUT2D eigenvalue weighted by Crippen LogP contribution is -2.26. The fourth-order valence-electron chi connectivity index (χ4n) is 2.71. The number of nitrogens with one attached hydrogen (secondary N) is 2. The van der Waals surface area contributed by atoms with E-state index in [1.807, 2.05) is 13.0 Å². The summed E-state index contributed by atoms with van der Waals surface area (Å²) in [6, 6.07) is 11.9. The van der Waals surface area contributed by atoms with Crippen molar-refractivity contribution in [1.82, 2.24) is 15.1 Å². The normalized spacial score (nSPS) is 10.6. The highest BCUT2D eigenvalue weighted by atomic mass is 16.2. The van der Waals surface area contributed by atoms with Gasteiger partial charge in [0.25, 0.3) is 11.8 Å². The van der Waals surface area contributed by atoms with Gasteiger partial charge in [-0.05, 0) is 37.3 Å². The molecule has 3 rings (SSSR count). The van der Waals surface area contributed by atoms with Crippen molar-refractivity contribution >= 4 is 28.4 Å². The maximum Gasteiger partial charge on any atom is 0.280 e. The van der Waals surface area contributed by atoms with Crippen molar-refractivity contribution in [1.29, 1.82) is 0 Å². The third-order valence-corrected chi connectivity index (χ3v) is 4.04. The number of rotatable bonds is 3. The predicted molar refractivity (Wildman–Crippen MR) is 99.5 cm³/mol. The minimum atomic E-state index is -0.622. The van der Waals surface area contributed by atoms with E-state index in [0.29, 0.717) is 22.2 Å². The van der Waals surface area contributed by atoms with Crippen LogP contribution in [0.1, 0.15) is 26.4 Å². The standard InChI is InChI=1S/C19H18N4O3/c1-11-7-8-15-14(9-11)17(24)16(22-23(15)3)19(26)21-13-6-4-5-12(10-13)18(25)20-2/h4-10H,1-3H3,(H,20,25)(H,21,26). The summed E-state index contributed by atoms with van der Waals surface area (Å²) in [6.45, 7) is 1.88. The molecule has 0 saturated heterocycles. The van der Waals surface area contributed by atoms with Gasteiger partial charge < -0.3 is 10.6 Å². The Labute approximate surface area is 149 Å². The van der Waals surface area contributed by atoms with Crippen molar-refractivity contribution in [3.8, 4) is 0 Å². The van der Waals surface area contributed by atoms with E-state index in [1.54, 1.807) is 37.4 Å². The van der Waals surface area contributed by atoms with Gasteiger partial charge in [-0.2, -0.15) is 5.10 Å². The van der Waals surface area contributed by atoms with E-state index in [0.717, 1.165) is 5.56 Å². The molecule has 2 N–H and O–H groups in total. The third-order valence-electron chi connectivity index (χ3n) is 4.04. The summed E-state index contributed by atoms with van der Waals surface area (Å²) < 4.78 is 1.51. The first-order chi connectivity index (χ1) is 12.4. The van der Waals surface area contributed by atoms with Crippen molar-refractivity contribution in [3.05, 3.63) is 69.5 Å². The Balaban J connectivity index is 2.00. The van der Waals surface area contributed by atoms with Crippen molar-refractivity contribution in [2.45, 2.75) is 6.92 Å². The molecule has 26 heavy (non-hydrogen) atoms. The summed E-state index contributed by atoms with van der Waals surface area (Å²) in [5.41, 5.74) is 1.76. The zero-order valence-corrected chi connectivity index (χ0v) is 14.7. The molecule has 1 heterocycles. The van der Waals surface area contributed by atoms with Gasteiger partial charge in [-0.3, -0.25) is 19.1 Å². The molecular weight excluding hydrogens is 332 g/mol. The minimum absolute atomic E-state index is 0.198. The summed E-state index contributed by atoms with van der Waals surface area (Å²) in [5.74, 6) is -0.889. The number of benzene rings is 2. The largest absolute Gasteiger partial charge is 0.355 e. The van der Waals surface area contributed by atoms with Gasteiger partial charge in [0, 0.05) is 25.3 Å². The van der Waals surface area contributed by atoms with Crippen LogP contribution in [0.5, 0.6) is 0 Å². The number of aryl methyl sites for hydroxylation is 2. The van der Waals surface area contributed by atoms with Gasteiger partial charge in [-0.25, -0.2) is 0 Å². The van der Waals surface area contributed by atoms with E-state index in [9.17, 15) is 14.4 Å². The Morgan fingerprint density at radius 3 is 2.58 bits per heavy atom. The molecule has 0 saturated carbocycles. The minimum Gasteiger partial charge on any atom is -0.355 e. The summed E-state index contributed by atoms with van der Waals surface area (Å²) in [5, 5.41) is 9.70. The van der Waals surface area contributed by atoms with E-state index in [-0.39, 0.29) is 11.6 Å². The average molecular weight is 350 g/mol. The van der Waals surface area contributed by atoms with E-state index in [4.69, 9.17) is 0 Å². The Morgan fingerprint density at radius 2 is 1.85 bits per heavy atom. The molecule has 0 radical (unpaired) electrons. The number of anilines is 1. The van der Waals surface area contributed by atoms with Gasteiger partial charge in [0.15, 0.2) is 5.69 Å². The van der Waals surface area contributed by atoms with Gasteiger partial charge in [-0.15, -0.1) is 0 Å². The average Bonchev–Trinajstić information content (AvgIpc) is 2.64.